The van der Waals surface area contributed by atoms with Crippen LogP contribution in [0, 0.1) is 5.92 Å². The Morgan fingerprint density at radius 1 is 1.16 bits per heavy atom. The Morgan fingerprint density at radius 3 is 2.40 bits per heavy atom. The molecule has 25 heavy (non-hydrogen) atoms. The van der Waals surface area contributed by atoms with Gasteiger partial charge >= 0.3 is 0 Å². The number of amides is 1. The first-order valence-electron chi connectivity index (χ1n) is 9.89. The van der Waals surface area contributed by atoms with Gasteiger partial charge in [0.05, 0.1) is 14.1 Å². The maximum absolute atomic E-state index is 12.6. The number of rotatable bonds is 7. The van der Waals surface area contributed by atoms with Gasteiger partial charge in [0, 0.05) is 6.42 Å². The molecule has 3 heteroatoms. The quantitative estimate of drug-likeness (QED) is 0.463. The van der Waals surface area contributed by atoms with E-state index in [4.69, 9.17) is 0 Å². The van der Waals surface area contributed by atoms with Gasteiger partial charge in [-0.1, -0.05) is 81.4 Å². The summed E-state index contributed by atoms with van der Waals surface area (Å²) in [6.07, 6.45) is 12.2. The van der Waals surface area contributed by atoms with E-state index in [1.54, 1.807) is 0 Å². The van der Waals surface area contributed by atoms with Crippen molar-refractivity contribution in [2.24, 2.45) is 5.92 Å². The van der Waals surface area contributed by atoms with Crippen LogP contribution < -0.4 is 5.32 Å². The van der Waals surface area contributed by atoms with E-state index in [-0.39, 0.29) is 11.9 Å². The fourth-order valence-corrected chi connectivity index (χ4v) is 5.09. The summed E-state index contributed by atoms with van der Waals surface area (Å²) >= 11 is 0. The second-order valence-corrected chi connectivity index (χ2v) is 14.1. The van der Waals surface area contributed by atoms with Gasteiger partial charge in [-0.3, -0.25) is 4.79 Å². The molecule has 0 saturated heterocycles. The molecule has 0 heterocycles. The molecule has 2 atom stereocenters. The zero-order valence-corrected chi connectivity index (χ0v) is 17.4. The van der Waals surface area contributed by atoms with Crippen LogP contribution in [0.4, 0.5) is 0 Å². The molecule has 1 aromatic rings. The van der Waals surface area contributed by atoms with E-state index in [2.05, 4.69) is 56.2 Å². The van der Waals surface area contributed by atoms with Crippen molar-refractivity contribution in [3.8, 4) is 0 Å². The SMILES string of the molecule is C[C@H](NC(=O)C[C@H](/C=C/C1CCCCC1)[Si](C)(C)C)c1ccccc1. The van der Waals surface area contributed by atoms with Crippen LogP contribution >= 0.6 is 0 Å². The van der Waals surface area contributed by atoms with Crippen LogP contribution in [0.5, 0.6) is 0 Å². The summed E-state index contributed by atoms with van der Waals surface area (Å²) in [5, 5.41) is 3.19. The van der Waals surface area contributed by atoms with Crippen LogP contribution in [0.1, 0.15) is 57.1 Å². The topological polar surface area (TPSA) is 29.1 Å². The minimum Gasteiger partial charge on any atom is -0.350 e. The van der Waals surface area contributed by atoms with E-state index < -0.39 is 8.07 Å². The van der Waals surface area contributed by atoms with Crippen molar-refractivity contribution in [3.63, 3.8) is 0 Å². The Morgan fingerprint density at radius 2 is 1.80 bits per heavy atom. The molecule has 2 nitrogen and oxygen atoms in total. The second kappa shape index (κ2) is 9.37. The molecule has 0 aromatic heterocycles. The lowest BCUT2D eigenvalue weighted by Crippen LogP contribution is -2.34. The lowest BCUT2D eigenvalue weighted by atomic mass is 9.89. The van der Waals surface area contributed by atoms with Crippen LogP contribution in [0.25, 0.3) is 0 Å². The number of allylic oxidation sites excluding steroid dienone is 2. The van der Waals surface area contributed by atoms with E-state index >= 15 is 0 Å². The van der Waals surface area contributed by atoms with Crippen LogP contribution in [0.3, 0.4) is 0 Å². The van der Waals surface area contributed by atoms with Gasteiger partial charge in [0.2, 0.25) is 5.91 Å². The molecular formula is C22H35NOSi. The van der Waals surface area contributed by atoms with Crippen molar-refractivity contribution in [1.82, 2.24) is 5.32 Å². The molecule has 2 rings (SSSR count). The van der Waals surface area contributed by atoms with Gasteiger partial charge in [0.15, 0.2) is 0 Å². The van der Waals surface area contributed by atoms with Crippen molar-refractivity contribution < 1.29 is 4.79 Å². The first kappa shape index (κ1) is 20.0. The summed E-state index contributed by atoms with van der Waals surface area (Å²) in [7, 11) is -1.41. The molecular weight excluding hydrogens is 322 g/mol. The molecule has 1 fully saturated rings. The van der Waals surface area contributed by atoms with Crippen molar-refractivity contribution >= 4 is 14.0 Å². The average Bonchev–Trinajstić information content (AvgIpc) is 2.59. The predicted octanol–water partition coefficient (Wildman–Crippen LogP) is 6.10. The Labute approximate surface area is 155 Å². The van der Waals surface area contributed by atoms with E-state index in [1.807, 2.05) is 18.2 Å². The van der Waals surface area contributed by atoms with Crippen molar-refractivity contribution in [2.45, 2.75) is 76.7 Å². The van der Waals surface area contributed by atoms with Crippen molar-refractivity contribution in [2.75, 3.05) is 0 Å². The van der Waals surface area contributed by atoms with Crippen molar-refractivity contribution in [3.05, 3.63) is 48.0 Å². The Balaban J connectivity index is 1.94. The van der Waals surface area contributed by atoms with Gasteiger partial charge in [-0.05, 0) is 36.8 Å². The van der Waals surface area contributed by atoms with Crippen LogP contribution in [-0.2, 0) is 4.79 Å². The molecule has 1 saturated carbocycles. The molecule has 1 N–H and O–H groups in total. The van der Waals surface area contributed by atoms with Crippen LogP contribution in [0.2, 0.25) is 25.2 Å². The van der Waals surface area contributed by atoms with Crippen LogP contribution in [0.15, 0.2) is 42.5 Å². The fourth-order valence-electron chi connectivity index (χ4n) is 3.61. The highest BCUT2D eigenvalue weighted by atomic mass is 28.3. The third-order valence-corrected chi connectivity index (χ3v) is 8.08. The number of nitrogens with one attached hydrogen (secondary N) is 1. The maximum Gasteiger partial charge on any atom is 0.220 e. The van der Waals surface area contributed by atoms with Gasteiger partial charge in [0.25, 0.3) is 0 Å². The lowest BCUT2D eigenvalue weighted by molar-refractivity contribution is -0.121. The maximum atomic E-state index is 12.6. The van der Waals surface area contributed by atoms with E-state index in [9.17, 15) is 4.79 Å². The highest BCUT2D eigenvalue weighted by Crippen LogP contribution is 2.31. The predicted molar refractivity (Wildman–Crippen MR) is 110 cm³/mol. The average molecular weight is 358 g/mol. The highest BCUT2D eigenvalue weighted by molar-refractivity contribution is 6.78. The third-order valence-electron chi connectivity index (χ3n) is 5.46. The third kappa shape index (κ3) is 6.81. The zero-order chi connectivity index (χ0) is 18.3. The Kier molecular flexibility index (Phi) is 7.49. The lowest BCUT2D eigenvalue weighted by Gasteiger charge is -2.27. The Hall–Kier alpha value is -1.35. The standard InChI is InChI=1S/C22H35NOSi/c1-18(20-13-9-6-10-14-20)23-22(24)17-21(25(2,3)4)16-15-19-11-7-5-8-12-19/h6,9-10,13-16,18-19,21H,5,7-8,11-12,17H2,1-4H3,(H,23,24)/b16-15+/t18-,21-/m0/s1. The summed E-state index contributed by atoms with van der Waals surface area (Å²) in [6, 6.07) is 10.3. The van der Waals surface area contributed by atoms with E-state index in [0.717, 1.165) is 11.5 Å². The number of carbonyl (C=O) groups is 1. The molecule has 0 unspecified atom stereocenters. The normalized spacial score (nSPS) is 18.9. The number of hydrogen-bond acceptors (Lipinski definition) is 1. The van der Waals surface area contributed by atoms with Gasteiger partial charge in [-0.25, -0.2) is 0 Å². The molecule has 0 bridgehead atoms. The summed E-state index contributed by atoms with van der Waals surface area (Å²) in [6.45, 7) is 9.18. The highest BCUT2D eigenvalue weighted by Gasteiger charge is 2.27. The van der Waals surface area contributed by atoms with Gasteiger partial charge < -0.3 is 5.32 Å². The molecule has 1 aromatic carbocycles. The molecule has 1 amide bonds. The number of benzene rings is 1. The summed E-state index contributed by atoms with van der Waals surface area (Å²) in [5.74, 6) is 0.913. The monoisotopic (exact) mass is 357 g/mol. The first-order valence-corrected chi connectivity index (χ1v) is 13.5. The summed E-state index contributed by atoms with van der Waals surface area (Å²) in [5.41, 5.74) is 1.58. The van der Waals surface area contributed by atoms with Gasteiger partial charge in [-0.15, -0.1) is 0 Å². The number of carbonyl (C=O) groups excluding carboxylic acids is 1. The molecule has 0 radical (unpaired) electrons. The van der Waals surface area contributed by atoms with Crippen LogP contribution in [-0.4, -0.2) is 14.0 Å². The first-order chi connectivity index (χ1) is 11.9. The number of hydrogen-bond donors (Lipinski definition) is 1. The van der Waals surface area contributed by atoms with Gasteiger partial charge in [-0.2, -0.15) is 0 Å². The smallest absolute Gasteiger partial charge is 0.220 e. The minimum atomic E-state index is -1.41. The molecule has 0 spiro atoms. The Bertz CT molecular complexity index is 555. The summed E-state index contributed by atoms with van der Waals surface area (Å²) in [4.78, 5) is 12.6. The largest absolute Gasteiger partial charge is 0.350 e. The summed E-state index contributed by atoms with van der Waals surface area (Å²) < 4.78 is 0. The van der Waals surface area contributed by atoms with Crippen molar-refractivity contribution in [1.29, 1.82) is 0 Å². The molecule has 138 valence electrons. The molecule has 0 aliphatic heterocycles. The van der Waals surface area contributed by atoms with Gasteiger partial charge in [0.1, 0.15) is 0 Å². The fraction of sp³-hybridized carbons (Fsp3) is 0.591. The zero-order valence-electron chi connectivity index (χ0n) is 16.4. The second-order valence-electron chi connectivity index (χ2n) is 8.66. The van der Waals surface area contributed by atoms with E-state index in [1.165, 1.54) is 32.1 Å². The molecule has 1 aliphatic rings. The molecule has 1 aliphatic carbocycles. The van der Waals surface area contributed by atoms with E-state index in [0.29, 0.717) is 12.0 Å². The minimum absolute atomic E-state index is 0.0679.